The van der Waals surface area contributed by atoms with Crippen LogP contribution in [0.4, 0.5) is 0 Å². The first kappa shape index (κ1) is 17.2. The van der Waals surface area contributed by atoms with Crippen molar-refractivity contribution < 1.29 is 14.3 Å². The first-order chi connectivity index (χ1) is 10.6. The first-order valence-electron chi connectivity index (χ1n) is 8.44. The summed E-state index contributed by atoms with van der Waals surface area (Å²) in [6, 6.07) is 0. The number of unbranched alkanes of at least 4 members (excludes halogenated alkanes) is 1. The maximum Gasteiger partial charge on any atom is 0.227 e. The highest BCUT2D eigenvalue weighted by Crippen LogP contribution is 2.20. The Bertz CT molecular complexity index is 383. The summed E-state index contributed by atoms with van der Waals surface area (Å²) < 4.78 is 5.33. The topological polar surface area (TPSA) is 53.1 Å². The molecular formula is C16H29N3O3. The number of rotatable bonds is 7. The third-order valence-corrected chi connectivity index (χ3v) is 4.58. The Morgan fingerprint density at radius 3 is 2.73 bits per heavy atom. The number of nitrogens with zero attached hydrogens (tertiary/aromatic N) is 3. The van der Waals surface area contributed by atoms with Crippen LogP contribution >= 0.6 is 0 Å². The zero-order chi connectivity index (χ0) is 15.9. The summed E-state index contributed by atoms with van der Waals surface area (Å²) in [6.45, 7) is 8.50. The largest absolute Gasteiger partial charge is 0.379 e. The fraction of sp³-hybridized carbons (Fsp3) is 0.875. The Morgan fingerprint density at radius 1 is 1.32 bits per heavy atom. The molecular weight excluding hydrogens is 282 g/mol. The number of carbonyl (C=O) groups is 2. The molecule has 0 bridgehead atoms. The maximum absolute atomic E-state index is 12.4. The summed E-state index contributed by atoms with van der Waals surface area (Å²) in [6.07, 6.45) is 2.47. The molecule has 2 fully saturated rings. The van der Waals surface area contributed by atoms with Gasteiger partial charge in [0.15, 0.2) is 0 Å². The van der Waals surface area contributed by atoms with Gasteiger partial charge >= 0.3 is 0 Å². The van der Waals surface area contributed by atoms with Gasteiger partial charge in [-0.2, -0.15) is 0 Å². The van der Waals surface area contributed by atoms with Gasteiger partial charge in [-0.1, -0.05) is 13.3 Å². The lowest BCUT2D eigenvalue weighted by Crippen LogP contribution is -2.42. The third-order valence-electron chi connectivity index (χ3n) is 4.58. The quantitative estimate of drug-likeness (QED) is 0.684. The Labute approximate surface area is 133 Å². The summed E-state index contributed by atoms with van der Waals surface area (Å²) in [5, 5.41) is 0. The van der Waals surface area contributed by atoms with Gasteiger partial charge < -0.3 is 14.5 Å². The van der Waals surface area contributed by atoms with E-state index in [0.717, 1.165) is 58.8 Å². The Kier molecular flexibility index (Phi) is 6.64. The van der Waals surface area contributed by atoms with Crippen LogP contribution in [0, 0.1) is 5.92 Å². The van der Waals surface area contributed by atoms with Gasteiger partial charge in [-0.15, -0.1) is 0 Å². The molecule has 22 heavy (non-hydrogen) atoms. The molecule has 6 heteroatoms. The van der Waals surface area contributed by atoms with Crippen molar-refractivity contribution >= 4 is 11.8 Å². The maximum atomic E-state index is 12.4. The van der Waals surface area contributed by atoms with Crippen molar-refractivity contribution in [2.75, 3.05) is 59.5 Å². The van der Waals surface area contributed by atoms with E-state index in [0.29, 0.717) is 13.0 Å². The molecule has 126 valence electrons. The number of hydrogen-bond donors (Lipinski definition) is 0. The van der Waals surface area contributed by atoms with Gasteiger partial charge in [-0.25, -0.2) is 0 Å². The van der Waals surface area contributed by atoms with Crippen molar-refractivity contribution in [3.8, 4) is 0 Å². The molecule has 2 aliphatic heterocycles. The van der Waals surface area contributed by atoms with Crippen LogP contribution in [-0.4, -0.2) is 86.0 Å². The van der Waals surface area contributed by atoms with E-state index in [2.05, 4.69) is 11.8 Å². The zero-order valence-corrected chi connectivity index (χ0v) is 13.9. The Balaban J connectivity index is 1.76. The molecule has 1 atom stereocenters. The lowest BCUT2D eigenvalue weighted by molar-refractivity contribution is -0.134. The highest BCUT2D eigenvalue weighted by molar-refractivity contribution is 5.89. The molecule has 2 aliphatic rings. The van der Waals surface area contributed by atoms with Crippen molar-refractivity contribution in [3.63, 3.8) is 0 Å². The normalized spacial score (nSPS) is 23.1. The van der Waals surface area contributed by atoms with Crippen LogP contribution in [0.5, 0.6) is 0 Å². The molecule has 0 aliphatic carbocycles. The summed E-state index contributed by atoms with van der Waals surface area (Å²) in [7, 11) is 1.85. The number of ether oxygens (including phenoxy) is 1. The van der Waals surface area contributed by atoms with Gasteiger partial charge in [0.1, 0.15) is 0 Å². The minimum atomic E-state index is -0.154. The smallest absolute Gasteiger partial charge is 0.227 e. The van der Waals surface area contributed by atoms with Gasteiger partial charge in [0.25, 0.3) is 0 Å². The van der Waals surface area contributed by atoms with Crippen molar-refractivity contribution in [2.24, 2.45) is 5.92 Å². The van der Waals surface area contributed by atoms with E-state index in [-0.39, 0.29) is 17.7 Å². The lowest BCUT2D eigenvalue weighted by Gasteiger charge is -2.28. The van der Waals surface area contributed by atoms with E-state index in [1.54, 1.807) is 4.90 Å². The van der Waals surface area contributed by atoms with Crippen LogP contribution in [0.15, 0.2) is 0 Å². The van der Waals surface area contributed by atoms with E-state index >= 15 is 0 Å². The van der Waals surface area contributed by atoms with Crippen molar-refractivity contribution in [2.45, 2.75) is 26.2 Å². The van der Waals surface area contributed by atoms with Crippen LogP contribution < -0.4 is 0 Å². The standard InChI is InChI=1S/C16H29N3O3/c1-3-4-5-17(2)16(21)14-12-15(20)19(13-14)7-6-18-8-10-22-11-9-18/h14H,3-13H2,1-2H3. The number of hydrogen-bond acceptors (Lipinski definition) is 4. The average molecular weight is 311 g/mol. The van der Waals surface area contributed by atoms with Crippen molar-refractivity contribution in [3.05, 3.63) is 0 Å². The molecule has 2 saturated heterocycles. The monoisotopic (exact) mass is 311 g/mol. The predicted molar refractivity (Wildman–Crippen MR) is 84.5 cm³/mol. The summed E-state index contributed by atoms with van der Waals surface area (Å²) in [5.74, 6) is 0.0882. The Hall–Kier alpha value is -1.14. The van der Waals surface area contributed by atoms with Crippen LogP contribution in [0.3, 0.4) is 0 Å². The molecule has 2 amide bonds. The molecule has 0 aromatic rings. The minimum Gasteiger partial charge on any atom is -0.379 e. The van der Waals surface area contributed by atoms with E-state index in [9.17, 15) is 9.59 Å². The van der Waals surface area contributed by atoms with E-state index in [1.165, 1.54) is 0 Å². The highest BCUT2D eigenvalue weighted by atomic mass is 16.5. The van der Waals surface area contributed by atoms with Crippen LogP contribution in [-0.2, 0) is 14.3 Å². The van der Waals surface area contributed by atoms with Gasteiger partial charge in [0, 0.05) is 52.7 Å². The van der Waals surface area contributed by atoms with Gasteiger partial charge in [0.2, 0.25) is 11.8 Å². The highest BCUT2D eigenvalue weighted by Gasteiger charge is 2.35. The summed E-state index contributed by atoms with van der Waals surface area (Å²) >= 11 is 0. The molecule has 0 saturated carbocycles. The molecule has 6 nitrogen and oxygen atoms in total. The average Bonchev–Trinajstić information content (AvgIpc) is 2.91. The Morgan fingerprint density at radius 2 is 2.05 bits per heavy atom. The third kappa shape index (κ3) is 4.68. The zero-order valence-electron chi connectivity index (χ0n) is 13.9. The molecule has 0 aromatic heterocycles. The number of likely N-dealkylation sites (tertiary alicyclic amines) is 1. The van der Waals surface area contributed by atoms with Crippen LogP contribution in [0.2, 0.25) is 0 Å². The first-order valence-corrected chi connectivity index (χ1v) is 8.44. The van der Waals surface area contributed by atoms with E-state index in [4.69, 9.17) is 4.74 Å². The summed E-state index contributed by atoms with van der Waals surface area (Å²) in [4.78, 5) is 30.4. The van der Waals surface area contributed by atoms with Gasteiger partial charge in [-0.3, -0.25) is 14.5 Å². The molecule has 1 unspecified atom stereocenters. The van der Waals surface area contributed by atoms with Crippen molar-refractivity contribution in [1.29, 1.82) is 0 Å². The molecule has 0 N–H and O–H groups in total. The number of morpholine rings is 1. The van der Waals surface area contributed by atoms with E-state index < -0.39 is 0 Å². The van der Waals surface area contributed by atoms with Gasteiger partial charge in [-0.05, 0) is 6.42 Å². The van der Waals surface area contributed by atoms with Gasteiger partial charge in [0.05, 0.1) is 19.1 Å². The van der Waals surface area contributed by atoms with E-state index in [1.807, 2.05) is 11.9 Å². The minimum absolute atomic E-state index is 0.121. The second kappa shape index (κ2) is 8.48. The summed E-state index contributed by atoms with van der Waals surface area (Å²) in [5.41, 5.74) is 0. The number of carbonyl (C=O) groups excluding carboxylic acids is 2. The lowest BCUT2D eigenvalue weighted by atomic mass is 10.1. The van der Waals surface area contributed by atoms with Crippen molar-refractivity contribution in [1.82, 2.24) is 14.7 Å². The second-order valence-corrected chi connectivity index (χ2v) is 6.31. The van der Waals surface area contributed by atoms with Crippen LogP contribution in [0.1, 0.15) is 26.2 Å². The molecule has 0 aromatic carbocycles. The molecule has 0 radical (unpaired) electrons. The predicted octanol–water partition coefficient (Wildman–Crippen LogP) is 0.426. The fourth-order valence-electron chi connectivity index (χ4n) is 3.06. The fourth-order valence-corrected chi connectivity index (χ4v) is 3.06. The number of amides is 2. The SMILES string of the molecule is CCCCN(C)C(=O)C1CC(=O)N(CCN2CCOCC2)C1. The molecule has 0 spiro atoms. The second-order valence-electron chi connectivity index (χ2n) is 6.31. The van der Waals surface area contributed by atoms with Crippen LogP contribution in [0.25, 0.3) is 0 Å². The molecule has 2 heterocycles. The molecule has 2 rings (SSSR count).